The van der Waals surface area contributed by atoms with Gasteiger partial charge in [-0.05, 0) is 41.3 Å². The first-order valence-electron chi connectivity index (χ1n) is 11.4. The molecule has 0 radical (unpaired) electrons. The lowest BCUT2D eigenvalue weighted by molar-refractivity contribution is 0.0602. The van der Waals surface area contributed by atoms with Crippen LogP contribution in [0.25, 0.3) is 33.5 Å². The summed E-state index contributed by atoms with van der Waals surface area (Å²) in [5.74, 6) is 0.232. The minimum absolute atomic E-state index is 0.357. The lowest BCUT2D eigenvalue weighted by Crippen LogP contribution is -2.09. The number of hydrogen-bond donors (Lipinski definition) is 1. The van der Waals surface area contributed by atoms with Crippen LogP contribution in [0.3, 0.4) is 0 Å². The number of fused-ring (bicyclic) bond motifs is 1. The summed E-state index contributed by atoms with van der Waals surface area (Å²) >= 11 is 0. The molecule has 2 heterocycles. The van der Waals surface area contributed by atoms with Crippen LogP contribution in [0.2, 0.25) is 0 Å². The molecular formula is C27H24N4O4. The molecule has 0 spiro atoms. The SMILES string of the molecule is CCCc1nc2cccc(C(=O)OC)c2n1Cc1ccc(-c2ccccc2)c(-c2noc(=O)[nH]2)c1. The van der Waals surface area contributed by atoms with E-state index in [9.17, 15) is 9.59 Å². The van der Waals surface area contributed by atoms with Crippen molar-refractivity contribution >= 4 is 17.0 Å². The van der Waals surface area contributed by atoms with Crippen LogP contribution in [0.5, 0.6) is 0 Å². The first kappa shape index (κ1) is 22.3. The largest absolute Gasteiger partial charge is 0.465 e. The summed E-state index contributed by atoms with van der Waals surface area (Å²) in [6, 6.07) is 21.4. The maximum atomic E-state index is 12.5. The van der Waals surface area contributed by atoms with Crippen molar-refractivity contribution < 1.29 is 14.1 Å². The van der Waals surface area contributed by atoms with Gasteiger partial charge in [0.25, 0.3) is 0 Å². The van der Waals surface area contributed by atoms with Crippen molar-refractivity contribution in [3.05, 3.63) is 94.2 Å². The zero-order valence-electron chi connectivity index (χ0n) is 19.4. The Morgan fingerprint density at radius 2 is 1.89 bits per heavy atom. The number of nitrogens with one attached hydrogen (secondary N) is 1. The molecule has 5 aromatic rings. The van der Waals surface area contributed by atoms with Gasteiger partial charge >= 0.3 is 11.7 Å². The molecule has 0 atom stereocenters. The average molecular weight is 469 g/mol. The van der Waals surface area contributed by atoms with Crippen LogP contribution in [-0.2, 0) is 17.7 Å². The third-order valence-corrected chi connectivity index (χ3v) is 5.93. The van der Waals surface area contributed by atoms with E-state index in [0.717, 1.165) is 52.0 Å². The molecule has 3 aromatic carbocycles. The number of H-pyrrole nitrogens is 1. The standard InChI is InChI=1S/C27H24N4O4/c1-3-8-23-28-22-12-7-11-20(26(32)34-2)24(22)31(23)16-17-13-14-19(18-9-5-4-6-10-18)21(15-17)25-29-27(33)35-30-25/h4-7,9-15H,3,8,16H2,1-2H3,(H,29,30,33). The van der Waals surface area contributed by atoms with Gasteiger partial charge < -0.3 is 9.30 Å². The van der Waals surface area contributed by atoms with Gasteiger partial charge in [0.2, 0.25) is 0 Å². The Labute approximate surface area is 201 Å². The molecule has 8 heteroatoms. The minimum Gasteiger partial charge on any atom is -0.465 e. The van der Waals surface area contributed by atoms with Gasteiger partial charge in [0.15, 0.2) is 5.82 Å². The van der Waals surface area contributed by atoms with Crippen LogP contribution in [-0.4, -0.2) is 32.8 Å². The van der Waals surface area contributed by atoms with E-state index in [-0.39, 0.29) is 0 Å². The van der Waals surface area contributed by atoms with E-state index in [1.807, 2.05) is 60.7 Å². The Morgan fingerprint density at radius 3 is 2.60 bits per heavy atom. The highest BCUT2D eigenvalue weighted by Gasteiger charge is 2.20. The van der Waals surface area contributed by atoms with Gasteiger partial charge in [-0.1, -0.05) is 60.6 Å². The van der Waals surface area contributed by atoms with Crippen molar-refractivity contribution in [3.8, 4) is 22.5 Å². The predicted molar refractivity (Wildman–Crippen MR) is 132 cm³/mol. The number of benzene rings is 3. The lowest BCUT2D eigenvalue weighted by atomic mass is 9.97. The number of methoxy groups -OCH3 is 1. The third kappa shape index (κ3) is 4.26. The maximum absolute atomic E-state index is 12.5. The Hall–Kier alpha value is -4.46. The average Bonchev–Trinajstić information content (AvgIpc) is 3.47. The number of aromatic nitrogens is 4. The molecule has 176 valence electrons. The zero-order chi connectivity index (χ0) is 24.4. The van der Waals surface area contributed by atoms with Gasteiger partial charge in [-0.3, -0.25) is 9.51 Å². The normalized spacial score (nSPS) is 11.1. The third-order valence-electron chi connectivity index (χ3n) is 5.93. The summed E-state index contributed by atoms with van der Waals surface area (Å²) in [6.07, 6.45) is 1.68. The fraction of sp³-hybridized carbons (Fsp3) is 0.185. The summed E-state index contributed by atoms with van der Waals surface area (Å²) in [5.41, 5.74) is 5.57. The molecule has 8 nitrogen and oxygen atoms in total. The second-order valence-corrected chi connectivity index (χ2v) is 8.22. The maximum Gasteiger partial charge on any atom is 0.439 e. The Balaban J connectivity index is 1.66. The van der Waals surface area contributed by atoms with E-state index in [1.165, 1.54) is 7.11 Å². The first-order chi connectivity index (χ1) is 17.1. The molecule has 0 aliphatic carbocycles. The minimum atomic E-state index is -0.613. The van der Waals surface area contributed by atoms with Crippen molar-refractivity contribution in [2.75, 3.05) is 7.11 Å². The molecule has 0 unspecified atom stereocenters. The molecule has 0 amide bonds. The van der Waals surface area contributed by atoms with Crippen molar-refractivity contribution in [1.29, 1.82) is 0 Å². The fourth-order valence-electron chi connectivity index (χ4n) is 4.38. The number of carbonyl (C=O) groups excluding carboxylic acids is 1. The molecule has 0 bridgehead atoms. The molecular weight excluding hydrogens is 444 g/mol. The Kier molecular flexibility index (Phi) is 6.01. The van der Waals surface area contributed by atoms with E-state index >= 15 is 0 Å². The van der Waals surface area contributed by atoms with Crippen molar-refractivity contribution in [2.45, 2.75) is 26.3 Å². The van der Waals surface area contributed by atoms with E-state index in [1.54, 1.807) is 6.07 Å². The van der Waals surface area contributed by atoms with Crippen molar-refractivity contribution in [2.24, 2.45) is 0 Å². The number of rotatable bonds is 7. The number of nitrogens with zero attached hydrogens (tertiary/aromatic N) is 3. The molecule has 0 aliphatic heterocycles. The highest BCUT2D eigenvalue weighted by atomic mass is 16.5. The molecule has 0 saturated carbocycles. The number of carbonyl (C=O) groups is 1. The molecule has 0 saturated heterocycles. The van der Waals surface area contributed by atoms with Crippen molar-refractivity contribution in [3.63, 3.8) is 0 Å². The van der Waals surface area contributed by atoms with Crippen LogP contribution < -0.4 is 5.76 Å². The Morgan fingerprint density at radius 1 is 1.06 bits per heavy atom. The van der Waals surface area contributed by atoms with Gasteiger partial charge in [-0.25, -0.2) is 14.6 Å². The number of esters is 1. The van der Waals surface area contributed by atoms with E-state index in [0.29, 0.717) is 17.9 Å². The van der Waals surface area contributed by atoms with Gasteiger partial charge in [0, 0.05) is 18.5 Å². The molecule has 1 N–H and O–H groups in total. The van der Waals surface area contributed by atoms with Gasteiger partial charge in [-0.15, -0.1) is 0 Å². The fourth-order valence-corrected chi connectivity index (χ4v) is 4.38. The van der Waals surface area contributed by atoms with Gasteiger partial charge in [0.05, 0.1) is 23.7 Å². The van der Waals surface area contributed by atoms with Crippen molar-refractivity contribution in [1.82, 2.24) is 19.7 Å². The summed E-state index contributed by atoms with van der Waals surface area (Å²) < 4.78 is 11.9. The number of imidazole rings is 1. The molecule has 35 heavy (non-hydrogen) atoms. The molecule has 5 rings (SSSR count). The molecule has 2 aromatic heterocycles. The van der Waals surface area contributed by atoms with Crippen LogP contribution in [0, 0.1) is 0 Å². The van der Waals surface area contributed by atoms with Crippen LogP contribution in [0.4, 0.5) is 0 Å². The second kappa shape index (κ2) is 9.42. The van der Waals surface area contributed by atoms with Gasteiger partial charge in [0.1, 0.15) is 5.82 Å². The second-order valence-electron chi connectivity index (χ2n) is 8.22. The Bertz CT molecular complexity index is 1560. The quantitative estimate of drug-likeness (QED) is 0.343. The predicted octanol–water partition coefficient (Wildman–Crippen LogP) is 4.83. The first-order valence-corrected chi connectivity index (χ1v) is 11.4. The topological polar surface area (TPSA) is 103 Å². The van der Waals surface area contributed by atoms with Crippen LogP contribution in [0.15, 0.2) is 76.0 Å². The zero-order valence-corrected chi connectivity index (χ0v) is 19.4. The summed E-state index contributed by atoms with van der Waals surface area (Å²) in [6.45, 7) is 2.57. The summed E-state index contributed by atoms with van der Waals surface area (Å²) in [7, 11) is 1.38. The summed E-state index contributed by atoms with van der Waals surface area (Å²) in [5, 5.41) is 3.93. The molecule has 0 aliphatic rings. The van der Waals surface area contributed by atoms with Crippen LogP contribution >= 0.6 is 0 Å². The van der Waals surface area contributed by atoms with E-state index in [2.05, 4.69) is 21.6 Å². The number of hydrogen-bond acceptors (Lipinski definition) is 6. The van der Waals surface area contributed by atoms with Gasteiger partial charge in [-0.2, -0.15) is 0 Å². The molecule has 0 fully saturated rings. The highest BCUT2D eigenvalue weighted by molar-refractivity contribution is 6.02. The summed E-state index contributed by atoms with van der Waals surface area (Å²) in [4.78, 5) is 31.7. The number of para-hydroxylation sites is 1. The van der Waals surface area contributed by atoms with E-state index < -0.39 is 11.7 Å². The smallest absolute Gasteiger partial charge is 0.439 e. The number of ether oxygens (including phenoxy) is 1. The highest BCUT2D eigenvalue weighted by Crippen LogP contribution is 2.32. The van der Waals surface area contributed by atoms with E-state index in [4.69, 9.17) is 14.2 Å². The number of aromatic amines is 1. The van der Waals surface area contributed by atoms with Crippen LogP contribution in [0.1, 0.15) is 35.1 Å². The lowest BCUT2D eigenvalue weighted by Gasteiger charge is -2.14. The monoisotopic (exact) mass is 468 g/mol. The number of aryl methyl sites for hydroxylation is 1.